The summed E-state index contributed by atoms with van der Waals surface area (Å²) in [6.07, 6.45) is 4.54. The highest BCUT2D eigenvalue weighted by molar-refractivity contribution is 5.79. The van der Waals surface area contributed by atoms with Gasteiger partial charge in [0.05, 0.1) is 12.2 Å². The monoisotopic (exact) mass is 383 g/mol. The van der Waals surface area contributed by atoms with Crippen molar-refractivity contribution in [2.24, 2.45) is 4.99 Å². The lowest BCUT2D eigenvalue weighted by Crippen LogP contribution is -2.36. The second-order valence-corrected chi connectivity index (χ2v) is 7.50. The zero-order chi connectivity index (χ0) is 19.9. The molecule has 0 fully saturated rings. The van der Waals surface area contributed by atoms with Crippen molar-refractivity contribution in [2.45, 2.75) is 58.5 Å². The molecule has 2 heterocycles. The van der Waals surface area contributed by atoms with Crippen LogP contribution in [0.2, 0.25) is 0 Å². The number of aliphatic imine (C=N–C) groups is 1. The number of rotatable bonds is 7. The summed E-state index contributed by atoms with van der Waals surface area (Å²) in [6, 6.07) is 8.79. The van der Waals surface area contributed by atoms with Crippen LogP contribution in [0, 0.1) is 0 Å². The Morgan fingerprint density at radius 2 is 2.00 bits per heavy atom. The first-order valence-corrected chi connectivity index (χ1v) is 10.4. The van der Waals surface area contributed by atoms with Gasteiger partial charge in [0, 0.05) is 44.9 Å². The summed E-state index contributed by atoms with van der Waals surface area (Å²) in [5.41, 5.74) is 5.11. The molecule has 0 bridgehead atoms. The van der Waals surface area contributed by atoms with Crippen LogP contribution in [0.5, 0.6) is 0 Å². The van der Waals surface area contributed by atoms with E-state index >= 15 is 0 Å². The molecule has 3 rings (SSSR count). The molecule has 6 nitrogen and oxygen atoms in total. The van der Waals surface area contributed by atoms with E-state index in [1.165, 1.54) is 23.2 Å². The van der Waals surface area contributed by atoms with E-state index in [9.17, 15) is 0 Å². The van der Waals surface area contributed by atoms with Crippen LogP contribution in [-0.4, -0.2) is 31.8 Å². The van der Waals surface area contributed by atoms with E-state index in [0.717, 1.165) is 49.8 Å². The van der Waals surface area contributed by atoms with Crippen molar-refractivity contribution in [3.05, 3.63) is 46.8 Å². The lowest BCUT2D eigenvalue weighted by Gasteiger charge is -2.28. The van der Waals surface area contributed by atoms with Crippen LogP contribution in [0.3, 0.4) is 0 Å². The smallest absolute Gasteiger partial charge is 0.191 e. The number of hydrogen-bond acceptors (Lipinski definition) is 4. The van der Waals surface area contributed by atoms with E-state index in [4.69, 9.17) is 4.52 Å². The number of benzene rings is 1. The van der Waals surface area contributed by atoms with Crippen molar-refractivity contribution >= 4 is 11.6 Å². The van der Waals surface area contributed by atoms with Crippen molar-refractivity contribution in [1.29, 1.82) is 0 Å². The molecule has 0 radical (unpaired) electrons. The number of anilines is 1. The number of fused-ring (bicyclic) bond motifs is 1. The first-order chi connectivity index (χ1) is 13.6. The predicted molar refractivity (Wildman–Crippen MR) is 115 cm³/mol. The standard InChI is InChI=1S/C22H33N5O/c1-5-17(6-2)20-13-19(28-26-20)15-25-22(23-3)24-14-16-9-10-21-18(12-16)8-7-11-27(21)4/h9-10,12-13,17H,5-8,11,14-15H2,1-4H3,(H2,23,24,25). The highest BCUT2D eigenvalue weighted by Crippen LogP contribution is 2.26. The summed E-state index contributed by atoms with van der Waals surface area (Å²) in [5.74, 6) is 2.06. The van der Waals surface area contributed by atoms with Gasteiger partial charge in [-0.3, -0.25) is 4.99 Å². The maximum Gasteiger partial charge on any atom is 0.191 e. The van der Waals surface area contributed by atoms with Gasteiger partial charge in [0.2, 0.25) is 0 Å². The van der Waals surface area contributed by atoms with Crippen molar-refractivity contribution in [3.8, 4) is 0 Å². The molecule has 0 saturated carbocycles. The minimum atomic E-state index is 0.470. The van der Waals surface area contributed by atoms with Gasteiger partial charge in [-0.2, -0.15) is 0 Å². The van der Waals surface area contributed by atoms with Crippen molar-refractivity contribution < 1.29 is 4.52 Å². The molecule has 0 spiro atoms. The van der Waals surface area contributed by atoms with Crippen LogP contribution in [0.25, 0.3) is 0 Å². The minimum absolute atomic E-state index is 0.470. The first kappa shape index (κ1) is 20.2. The fourth-order valence-electron chi connectivity index (χ4n) is 3.84. The molecular weight excluding hydrogens is 350 g/mol. The lowest BCUT2D eigenvalue weighted by atomic mass is 9.99. The van der Waals surface area contributed by atoms with E-state index < -0.39 is 0 Å². The number of nitrogens with one attached hydrogen (secondary N) is 2. The third-order valence-corrected chi connectivity index (χ3v) is 5.59. The number of nitrogens with zero attached hydrogens (tertiary/aromatic N) is 3. The van der Waals surface area contributed by atoms with Crippen LogP contribution in [-0.2, 0) is 19.5 Å². The molecule has 2 N–H and O–H groups in total. The van der Waals surface area contributed by atoms with Crippen molar-refractivity contribution in [3.63, 3.8) is 0 Å². The second kappa shape index (κ2) is 9.62. The van der Waals surface area contributed by atoms with E-state index in [-0.39, 0.29) is 0 Å². The van der Waals surface area contributed by atoms with Crippen molar-refractivity contribution in [2.75, 3.05) is 25.5 Å². The van der Waals surface area contributed by atoms with Gasteiger partial charge in [-0.15, -0.1) is 0 Å². The van der Waals surface area contributed by atoms with Gasteiger partial charge >= 0.3 is 0 Å². The zero-order valence-corrected chi connectivity index (χ0v) is 17.6. The SMILES string of the molecule is CCC(CC)c1cc(CNC(=NC)NCc2ccc3c(c2)CCCN3C)on1. The highest BCUT2D eigenvalue weighted by atomic mass is 16.5. The zero-order valence-electron chi connectivity index (χ0n) is 17.6. The van der Waals surface area contributed by atoms with Gasteiger partial charge in [-0.1, -0.05) is 31.1 Å². The van der Waals surface area contributed by atoms with E-state index in [2.05, 4.69) is 70.8 Å². The normalized spacial score (nSPS) is 14.3. The summed E-state index contributed by atoms with van der Waals surface area (Å²) in [6.45, 7) is 6.83. The molecule has 28 heavy (non-hydrogen) atoms. The number of aryl methyl sites for hydroxylation is 1. The Balaban J connectivity index is 1.53. The lowest BCUT2D eigenvalue weighted by molar-refractivity contribution is 0.368. The Hall–Kier alpha value is -2.50. The number of guanidine groups is 1. The third kappa shape index (κ3) is 4.86. The average molecular weight is 384 g/mol. The Labute approximate surface area is 168 Å². The van der Waals surface area contributed by atoms with Gasteiger partial charge in [-0.05, 0) is 42.9 Å². The van der Waals surface area contributed by atoms with Crippen LogP contribution in [0.1, 0.15) is 61.6 Å². The first-order valence-electron chi connectivity index (χ1n) is 10.4. The Kier molecular flexibility index (Phi) is 6.95. The summed E-state index contributed by atoms with van der Waals surface area (Å²) < 4.78 is 5.48. The molecular formula is C22H33N5O. The van der Waals surface area contributed by atoms with Crippen molar-refractivity contribution in [1.82, 2.24) is 15.8 Å². The molecule has 0 amide bonds. The molecule has 2 aromatic rings. The maximum absolute atomic E-state index is 5.48. The molecule has 0 atom stereocenters. The maximum atomic E-state index is 5.48. The fourth-order valence-corrected chi connectivity index (χ4v) is 3.84. The van der Waals surface area contributed by atoms with Crippen LogP contribution >= 0.6 is 0 Å². The second-order valence-electron chi connectivity index (χ2n) is 7.50. The predicted octanol–water partition coefficient (Wildman–Crippen LogP) is 3.83. The topological polar surface area (TPSA) is 65.7 Å². The van der Waals surface area contributed by atoms with Crippen LogP contribution < -0.4 is 15.5 Å². The average Bonchev–Trinajstić information content (AvgIpc) is 3.18. The van der Waals surface area contributed by atoms with E-state index in [1.807, 2.05) is 0 Å². The van der Waals surface area contributed by atoms with Gasteiger partial charge < -0.3 is 20.1 Å². The molecule has 6 heteroatoms. The van der Waals surface area contributed by atoms with Gasteiger partial charge in [0.25, 0.3) is 0 Å². The minimum Gasteiger partial charge on any atom is -0.374 e. The number of aromatic nitrogens is 1. The van der Waals surface area contributed by atoms with E-state index in [1.54, 1.807) is 7.05 Å². The number of hydrogen-bond donors (Lipinski definition) is 2. The largest absolute Gasteiger partial charge is 0.374 e. The van der Waals surface area contributed by atoms with Gasteiger partial charge in [0.15, 0.2) is 11.7 Å². The molecule has 1 aromatic heterocycles. The van der Waals surface area contributed by atoms with Gasteiger partial charge in [0.1, 0.15) is 0 Å². The summed E-state index contributed by atoms with van der Waals surface area (Å²) >= 11 is 0. The Bertz CT molecular complexity index is 794. The molecule has 1 aromatic carbocycles. The fraction of sp³-hybridized carbons (Fsp3) is 0.545. The quantitative estimate of drug-likeness (QED) is 0.562. The molecule has 1 aliphatic heterocycles. The van der Waals surface area contributed by atoms with Crippen LogP contribution in [0.15, 0.2) is 33.8 Å². The summed E-state index contributed by atoms with van der Waals surface area (Å²) in [4.78, 5) is 6.65. The molecule has 1 aliphatic rings. The Morgan fingerprint density at radius 1 is 1.21 bits per heavy atom. The third-order valence-electron chi connectivity index (χ3n) is 5.59. The molecule has 0 aliphatic carbocycles. The van der Waals surface area contributed by atoms with Gasteiger partial charge in [-0.25, -0.2) is 0 Å². The van der Waals surface area contributed by atoms with Crippen LogP contribution in [0.4, 0.5) is 5.69 Å². The Morgan fingerprint density at radius 3 is 2.75 bits per heavy atom. The molecule has 0 saturated heterocycles. The highest BCUT2D eigenvalue weighted by Gasteiger charge is 2.14. The van der Waals surface area contributed by atoms with E-state index in [0.29, 0.717) is 12.5 Å². The molecule has 0 unspecified atom stereocenters. The summed E-state index contributed by atoms with van der Waals surface area (Å²) in [5, 5.41) is 10.9. The summed E-state index contributed by atoms with van der Waals surface area (Å²) in [7, 11) is 3.95. The molecule has 152 valence electrons.